The van der Waals surface area contributed by atoms with Gasteiger partial charge < -0.3 is 19.9 Å². The van der Waals surface area contributed by atoms with Gasteiger partial charge in [0.1, 0.15) is 5.60 Å². The number of nitrogens with one attached hydrogen (secondary N) is 1. The van der Waals surface area contributed by atoms with Crippen molar-refractivity contribution < 1.29 is 14.3 Å². The Morgan fingerprint density at radius 1 is 1.30 bits per heavy atom. The molecule has 0 unspecified atom stereocenters. The zero-order chi connectivity index (χ0) is 19.4. The maximum absolute atomic E-state index is 12.7. The predicted octanol–water partition coefficient (Wildman–Crippen LogP) is 2.52. The van der Waals surface area contributed by atoms with Crippen LogP contribution in [-0.4, -0.2) is 69.6 Å². The lowest BCUT2D eigenvalue weighted by Gasteiger charge is -2.37. The quantitative estimate of drug-likeness (QED) is 0.822. The normalized spacial score (nSPS) is 19.9. The van der Waals surface area contributed by atoms with Crippen LogP contribution in [-0.2, 0) is 4.74 Å². The van der Waals surface area contributed by atoms with Crippen molar-refractivity contribution in [1.82, 2.24) is 19.8 Å². The van der Waals surface area contributed by atoms with E-state index in [1.165, 1.54) is 0 Å². The second-order valence-electron chi connectivity index (χ2n) is 7.43. The summed E-state index contributed by atoms with van der Waals surface area (Å²) in [6.45, 7) is 8.63. The average molecular weight is 375 g/mol. The average Bonchev–Trinajstić information content (AvgIpc) is 2.99. The molecule has 8 heteroatoms. The van der Waals surface area contributed by atoms with E-state index in [0.717, 1.165) is 19.4 Å². The van der Waals surface area contributed by atoms with Gasteiger partial charge in [-0.3, -0.25) is 4.79 Å². The molecule has 8 nitrogen and oxygen atoms in total. The van der Waals surface area contributed by atoms with Crippen LogP contribution in [0.1, 0.15) is 56.8 Å². The first-order chi connectivity index (χ1) is 13.0. The molecule has 0 radical (unpaired) electrons. The van der Waals surface area contributed by atoms with Gasteiger partial charge in [-0.25, -0.2) is 14.8 Å². The number of aromatic nitrogens is 2. The summed E-state index contributed by atoms with van der Waals surface area (Å²) in [5.74, 6) is 0.444. The molecular formula is C19H29N5O3. The van der Waals surface area contributed by atoms with Gasteiger partial charge in [-0.2, -0.15) is 0 Å². The number of hydrogen-bond acceptors (Lipinski definition) is 6. The maximum Gasteiger partial charge on any atom is 0.410 e. The Kier molecular flexibility index (Phi) is 5.82. The monoisotopic (exact) mass is 375 g/mol. The minimum Gasteiger partial charge on any atom is -0.441 e. The summed E-state index contributed by atoms with van der Waals surface area (Å²) in [6, 6.07) is 0.189. The predicted molar refractivity (Wildman–Crippen MR) is 102 cm³/mol. The molecule has 148 valence electrons. The van der Waals surface area contributed by atoms with E-state index in [0.29, 0.717) is 44.0 Å². The molecule has 27 heavy (non-hydrogen) atoms. The van der Waals surface area contributed by atoms with Gasteiger partial charge in [-0.15, -0.1) is 0 Å². The zero-order valence-electron chi connectivity index (χ0n) is 16.4. The van der Waals surface area contributed by atoms with Gasteiger partial charge in [-0.1, -0.05) is 13.3 Å². The van der Waals surface area contributed by atoms with Crippen LogP contribution in [0.15, 0.2) is 12.4 Å². The van der Waals surface area contributed by atoms with E-state index in [1.807, 2.05) is 11.8 Å². The number of nitrogens with zero attached hydrogens (tertiary/aromatic N) is 4. The van der Waals surface area contributed by atoms with Gasteiger partial charge >= 0.3 is 6.09 Å². The summed E-state index contributed by atoms with van der Waals surface area (Å²) in [7, 11) is 0. The molecule has 1 aromatic heterocycles. The minimum absolute atomic E-state index is 0.0755. The molecule has 1 atom stereocenters. The van der Waals surface area contributed by atoms with Crippen LogP contribution in [0.3, 0.4) is 0 Å². The van der Waals surface area contributed by atoms with E-state index in [2.05, 4.69) is 29.1 Å². The maximum atomic E-state index is 12.7. The van der Waals surface area contributed by atoms with Crippen molar-refractivity contribution in [2.75, 3.05) is 31.5 Å². The zero-order valence-corrected chi connectivity index (χ0v) is 16.4. The second-order valence-corrected chi connectivity index (χ2v) is 7.43. The summed E-state index contributed by atoms with van der Waals surface area (Å²) in [6.07, 6.45) is 6.23. The Labute approximate surface area is 160 Å². The van der Waals surface area contributed by atoms with E-state index in [1.54, 1.807) is 17.3 Å². The summed E-state index contributed by atoms with van der Waals surface area (Å²) < 4.78 is 5.76. The van der Waals surface area contributed by atoms with Crippen molar-refractivity contribution in [3.8, 4) is 0 Å². The van der Waals surface area contributed by atoms with Gasteiger partial charge in [-0.05, 0) is 20.3 Å². The fraction of sp³-hybridized carbons (Fsp3) is 0.684. The number of likely N-dealkylation sites (tertiary alicyclic amines) is 1. The summed E-state index contributed by atoms with van der Waals surface area (Å²) in [4.78, 5) is 37.0. The standard InChI is InChI=1S/C19H29N5O3/c1-4-6-14(3)24-13-19(27-18(24)26)7-9-23(10-8-19)16(25)15-11-21-17(20-5-2)22-12-15/h11-12,14H,4-10,13H2,1-3H3,(H,20,21,22)/t14-/m0/s1. The molecule has 0 bridgehead atoms. The highest BCUT2D eigenvalue weighted by molar-refractivity contribution is 5.93. The van der Waals surface area contributed by atoms with E-state index in [-0.39, 0.29) is 18.0 Å². The number of amides is 2. The highest BCUT2D eigenvalue weighted by Crippen LogP contribution is 2.35. The molecule has 0 aliphatic carbocycles. The smallest absolute Gasteiger partial charge is 0.410 e. The van der Waals surface area contributed by atoms with Crippen molar-refractivity contribution in [3.63, 3.8) is 0 Å². The molecule has 3 heterocycles. The topological polar surface area (TPSA) is 87.7 Å². The van der Waals surface area contributed by atoms with Crippen LogP contribution in [0.25, 0.3) is 0 Å². The lowest BCUT2D eigenvalue weighted by Crippen LogP contribution is -2.49. The Hall–Kier alpha value is -2.38. The third kappa shape index (κ3) is 4.14. The fourth-order valence-corrected chi connectivity index (χ4v) is 3.81. The van der Waals surface area contributed by atoms with Gasteiger partial charge in [0.15, 0.2) is 0 Å². The Balaban J connectivity index is 1.58. The molecule has 0 aromatic carbocycles. The first kappa shape index (κ1) is 19.4. The van der Waals surface area contributed by atoms with Gasteiger partial charge in [0, 0.05) is 50.9 Å². The number of ether oxygens (including phenoxy) is 1. The highest BCUT2D eigenvalue weighted by Gasteiger charge is 2.48. The van der Waals surface area contributed by atoms with Crippen LogP contribution >= 0.6 is 0 Å². The van der Waals surface area contributed by atoms with Crippen molar-refractivity contribution in [2.45, 2.75) is 58.1 Å². The van der Waals surface area contributed by atoms with E-state index < -0.39 is 5.60 Å². The summed E-state index contributed by atoms with van der Waals surface area (Å²) in [5, 5.41) is 3.01. The lowest BCUT2D eigenvalue weighted by atomic mass is 9.90. The van der Waals surface area contributed by atoms with Gasteiger partial charge in [0.2, 0.25) is 5.95 Å². The van der Waals surface area contributed by atoms with E-state index >= 15 is 0 Å². The van der Waals surface area contributed by atoms with Crippen molar-refractivity contribution in [3.05, 3.63) is 18.0 Å². The molecule has 2 aliphatic heterocycles. The van der Waals surface area contributed by atoms with Crippen molar-refractivity contribution >= 4 is 17.9 Å². The minimum atomic E-state index is -0.457. The number of piperidine rings is 1. The van der Waals surface area contributed by atoms with Gasteiger partial charge in [0.05, 0.1) is 12.1 Å². The molecule has 1 spiro atoms. The molecular weight excluding hydrogens is 346 g/mol. The third-order valence-corrected chi connectivity index (χ3v) is 5.43. The Morgan fingerprint density at radius 2 is 1.96 bits per heavy atom. The molecule has 1 aromatic rings. The van der Waals surface area contributed by atoms with E-state index in [9.17, 15) is 9.59 Å². The van der Waals surface area contributed by atoms with E-state index in [4.69, 9.17) is 4.74 Å². The molecule has 2 saturated heterocycles. The second kappa shape index (κ2) is 8.10. The highest BCUT2D eigenvalue weighted by atomic mass is 16.6. The van der Waals surface area contributed by atoms with Crippen LogP contribution < -0.4 is 5.32 Å². The number of rotatable bonds is 6. The first-order valence-corrected chi connectivity index (χ1v) is 9.83. The third-order valence-electron chi connectivity index (χ3n) is 5.43. The Bertz CT molecular complexity index is 670. The van der Waals surface area contributed by atoms with Crippen LogP contribution in [0.2, 0.25) is 0 Å². The number of hydrogen-bond donors (Lipinski definition) is 1. The molecule has 2 amide bonds. The first-order valence-electron chi connectivity index (χ1n) is 9.83. The SMILES string of the molecule is CCC[C@H](C)N1CC2(CCN(C(=O)c3cnc(NCC)nc3)CC2)OC1=O. The Morgan fingerprint density at radius 3 is 2.56 bits per heavy atom. The van der Waals surface area contributed by atoms with Crippen LogP contribution in [0, 0.1) is 0 Å². The molecule has 3 rings (SSSR count). The molecule has 2 aliphatic rings. The van der Waals surface area contributed by atoms with Gasteiger partial charge in [0.25, 0.3) is 5.91 Å². The number of anilines is 1. The summed E-state index contributed by atoms with van der Waals surface area (Å²) >= 11 is 0. The van der Waals surface area contributed by atoms with Crippen molar-refractivity contribution in [1.29, 1.82) is 0 Å². The molecule has 1 N–H and O–H groups in total. The molecule has 2 fully saturated rings. The van der Waals surface area contributed by atoms with Crippen LogP contribution in [0.5, 0.6) is 0 Å². The van der Waals surface area contributed by atoms with Crippen molar-refractivity contribution in [2.24, 2.45) is 0 Å². The number of carbonyl (C=O) groups is 2. The summed E-state index contributed by atoms with van der Waals surface area (Å²) in [5.41, 5.74) is 0.0237. The number of carbonyl (C=O) groups excluding carboxylic acids is 2. The fourth-order valence-electron chi connectivity index (χ4n) is 3.81. The largest absolute Gasteiger partial charge is 0.441 e. The lowest BCUT2D eigenvalue weighted by molar-refractivity contribution is 0.00305. The molecule has 0 saturated carbocycles. The van der Waals surface area contributed by atoms with Crippen LogP contribution in [0.4, 0.5) is 10.7 Å².